The quantitative estimate of drug-likeness (QED) is 0.603. The summed E-state index contributed by atoms with van der Waals surface area (Å²) in [6.07, 6.45) is 9.45. The van der Waals surface area contributed by atoms with Crippen molar-refractivity contribution in [3.05, 3.63) is 29.3 Å². The van der Waals surface area contributed by atoms with E-state index in [1.807, 2.05) is 18.2 Å². The summed E-state index contributed by atoms with van der Waals surface area (Å²) in [5.74, 6) is 0.814. The van der Waals surface area contributed by atoms with Crippen LogP contribution in [0.2, 0.25) is 0 Å². The molecule has 188 valence electrons. The van der Waals surface area contributed by atoms with Gasteiger partial charge in [0.15, 0.2) is 0 Å². The fourth-order valence-electron chi connectivity index (χ4n) is 6.19. The highest BCUT2D eigenvalue weighted by molar-refractivity contribution is 6.05. The number of hydrogen-bond donors (Lipinski definition) is 1. The maximum Gasteiger partial charge on any atom is 0.255 e. The summed E-state index contributed by atoms with van der Waals surface area (Å²) < 4.78 is 12.6. The van der Waals surface area contributed by atoms with Gasteiger partial charge in [0.2, 0.25) is 11.8 Å². The van der Waals surface area contributed by atoms with Crippen LogP contribution in [0, 0.1) is 5.92 Å². The van der Waals surface area contributed by atoms with Crippen LogP contribution < -0.4 is 10.1 Å². The number of amides is 3. The third-order valence-electron chi connectivity index (χ3n) is 8.41. The van der Waals surface area contributed by atoms with E-state index in [1.165, 1.54) is 19.3 Å². The Morgan fingerprint density at radius 2 is 1.80 bits per heavy atom. The van der Waals surface area contributed by atoms with Crippen molar-refractivity contribution in [3.8, 4) is 5.75 Å². The number of imide groups is 1. The number of fused-ring (bicyclic) bond motifs is 1. The average Bonchev–Trinajstić information content (AvgIpc) is 3.49. The lowest BCUT2D eigenvalue weighted by atomic mass is 10.0. The van der Waals surface area contributed by atoms with Crippen LogP contribution >= 0.6 is 0 Å². The van der Waals surface area contributed by atoms with Crippen LogP contribution in [0.3, 0.4) is 0 Å². The lowest BCUT2D eigenvalue weighted by Crippen LogP contribution is -2.52. The molecule has 4 fully saturated rings. The second-order valence-electron chi connectivity index (χ2n) is 10.9. The molecule has 8 nitrogen and oxygen atoms in total. The summed E-state index contributed by atoms with van der Waals surface area (Å²) in [4.78, 5) is 40.9. The molecule has 3 amide bonds. The Bertz CT molecular complexity index is 1000. The highest BCUT2D eigenvalue weighted by atomic mass is 16.5. The summed E-state index contributed by atoms with van der Waals surface area (Å²) >= 11 is 0. The van der Waals surface area contributed by atoms with Crippen LogP contribution in [0.25, 0.3) is 0 Å². The van der Waals surface area contributed by atoms with Crippen molar-refractivity contribution in [1.82, 2.24) is 15.1 Å². The predicted molar refractivity (Wildman–Crippen MR) is 128 cm³/mol. The molecule has 1 aromatic carbocycles. The molecule has 2 saturated carbocycles. The number of carbonyl (C=O) groups is 3. The number of nitrogens with one attached hydrogen (secondary N) is 1. The molecule has 8 heteroatoms. The zero-order valence-corrected chi connectivity index (χ0v) is 20.2. The summed E-state index contributed by atoms with van der Waals surface area (Å²) in [6.45, 7) is 3.46. The van der Waals surface area contributed by atoms with Crippen LogP contribution in [-0.4, -0.2) is 71.5 Å². The number of likely N-dealkylation sites (tertiary alicyclic amines) is 1. The van der Waals surface area contributed by atoms with E-state index < -0.39 is 6.04 Å². The van der Waals surface area contributed by atoms with Crippen LogP contribution in [-0.2, 0) is 20.9 Å². The molecule has 5 aliphatic rings. The molecule has 0 radical (unpaired) electrons. The van der Waals surface area contributed by atoms with Crippen molar-refractivity contribution < 1.29 is 23.9 Å². The Kier molecular flexibility index (Phi) is 6.26. The molecule has 1 N–H and O–H groups in total. The summed E-state index contributed by atoms with van der Waals surface area (Å²) in [5.41, 5.74) is 1.51. The smallest absolute Gasteiger partial charge is 0.255 e. The molecule has 0 aromatic heterocycles. The van der Waals surface area contributed by atoms with E-state index in [0.717, 1.165) is 62.6 Å². The normalized spacial score (nSPS) is 30.0. The number of ether oxygens (including phenoxy) is 2. The van der Waals surface area contributed by atoms with E-state index in [2.05, 4.69) is 10.2 Å². The number of hydrogen-bond acceptors (Lipinski definition) is 6. The third-order valence-corrected chi connectivity index (χ3v) is 8.41. The first kappa shape index (κ1) is 23.0. The standard InChI is InChI=1S/C27H35N3O5/c31-25-9-8-23(26(32)28-25)30-15-18-14-20(6-7-21(18)27(30)33)35-24-3-1-2-22(24)29-12-10-19(11-13-29)34-16-17-4-5-17/h6-7,14,17,19,22-24H,1-5,8-13,15-16H2,(H,28,31,32)/t22-,23?,24-/m0/s1. The molecule has 3 atom stereocenters. The molecule has 1 aromatic rings. The van der Waals surface area contributed by atoms with Gasteiger partial charge in [-0.3, -0.25) is 24.6 Å². The maximum atomic E-state index is 13.0. The van der Waals surface area contributed by atoms with Crippen LogP contribution in [0.1, 0.15) is 73.7 Å². The Balaban J connectivity index is 1.06. The largest absolute Gasteiger partial charge is 0.489 e. The predicted octanol–water partition coefficient (Wildman–Crippen LogP) is 2.64. The van der Waals surface area contributed by atoms with Crippen LogP contribution in [0.5, 0.6) is 5.75 Å². The monoisotopic (exact) mass is 481 g/mol. The first-order valence-electron chi connectivity index (χ1n) is 13.3. The molecule has 2 aliphatic carbocycles. The number of carbonyl (C=O) groups excluding carboxylic acids is 3. The van der Waals surface area contributed by atoms with Crippen molar-refractivity contribution in [2.24, 2.45) is 5.92 Å². The first-order chi connectivity index (χ1) is 17.0. The lowest BCUT2D eigenvalue weighted by Gasteiger charge is -2.38. The van der Waals surface area contributed by atoms with Gasteiger partial charge < -0.3 is 14.4 Å². The SMILES string of the molecule is O=C1CCC(N2Cc3cc(O[C@H]4CCC[C@@H]4N4CCC(OCC5CC5)CC4)ccc3C2=O)C(=O)N1. The minimum Gasteiger partial charge on any atom is -0.489 e. The van der Waals surface area contributed by atoms with Gasteiger partial charge in [-0.25, -0.2) is 0 Å². The zero-order valence-electron chi connectivity index (χ0n) is 20.2. The highest BCUT2D eigenvalue weighted by Gasteiger charge is 2.40. The van der Waals surface area contributed by atoms with Crippen LogP contribution in [0.15, 0.2) is 18.2 Å². The molecule has 3 heterocycles. The van der Waals surface area contributed by atoms with Gasteiger partial charge in [0.1, 0.15) is 17.9 Å². The van der Waals surface area contributed by atoms with Crippen molar-refractivity contribution in [2.45, 2.75) is 88.6 Å². The van der Waals surface area contributed by atoms with E-state index in [4.69, 9.17) is 9.47 Å². The first-order valence-corrected chi connectivity index (χ1v) is 13.3. The van der Waals surface area contributed by atoms with E-state index in [0.29, 0.717) is 30.7 Å². The third kappa shape index (κ3) is 4.83. The number of piperidine rings is 2. The van der Waals surface area contributed by atoms with Gasteiger partial charge >= 0.3 is 0 Å². The summed E-state index contributed by atoms with van der Waals surface area (Å²) in [7, 11) is 0. The van der Waals surface area contributed by atoms with Gasteiger partial charge in [-0.2, -0.15) is 0 Å². The van der Waals surface area contributed by atoms with E-state index >= 15 is 0 Å². The number of nitrogens with zero attached hydrogens (tertiary/aromatic N) is 2. The van der Waals surface area contributed by atoms with Gasteiger partial charge in [-0.1, -0.05) is 0 Å². The molecular formula is C27H35N3O5. The Morgan fingerprint density at radius 3 is 2.57 bits per heavy atom. The van der Waals surface area contributed by atoms with Crippen molar-refractivity contribution in [3.63, 3.8) is 0 Å². The Morgan fingerprint density at radius 1 is 0.971 bits per heavy atom. The van der Waals surface area contributed by atoms with Gasteiger partial charge in [0.25, 0.3) is 5.91 Å². The second kappa shape index (κ2) is 9.54. The second-order valence-corrected chi connectivity index (χ2v) is 10.9. The summed E-state index contributed by atoms with van der Waals surface area (Å²) in [6, 6.07) is 5.51. The fraction of sp³-hybridized carbons (Fsp3) is 0.667. The minimum atomic E-state index is -0.590. The van der Waals surface area contributed by atoms with Gasteiger partial charge in [-0.05, 0) is 81.0 Å². The van der Waals surface area contributed by atoms with Gasteiger partial charge in [0.05, 0.1) is 6.10 Å². The van der Waals surface area contributed by atoms with Gasteiger partial charge in [0, 0.05) is 44.3 Å². The topological polar surface area (TPSA) is 88.2 Å². The average molecular weight is 482 g/mol. The number of rotatable bonds is 7. The number of benzene rings is 1. The highest BCUT2D eigenvalue weighted by Crippen LogP contribution is 2.35. The lowest BCUT2D eigenvalue weighted by molar-refractivity contribution is -0.136. The van der Waals surface area contributed by atoms with Crippen molar-refractivity contribution in [1.29, 1.82) is 0 Å². The molecular weight excluding hydrogens is 446 g/mol. The molecule has 0 spiro atoms. The summed E-state index contributed by atoms with van der Waals surface area (Å²) in [5, 5.41) is 2.36. The zero-order chi connectivity index (χ0) is 23.9. The Hall–Kier alpha value is -2.45. The van der Waals surface area contributed by atoms with Crippen molar-refractivity contribution in [2.75, 3.05) is 19.7 Å². The van der Waals surface area contributed by atoms with Gasteiger partial charge in [-0.15, -0.1) is 0 Å². The molecule has 3 aliphatic heterocycles. The van der Waals surface area contributed by atoms with E-state index in [9.17, 15) is 14.4 Å². The van der Waals surface area contributed by atoms with Crippen LogP contribution in [0.4, 0.5) is 0 Å². The molecule has 6 rings (SSSR count). The molecule has 2 saturated heterocycles. The Labute approximate surface area is 206 Å². The van der Waals surface area contributed by atoms with E-state index in [1.54, 1.807) is 4.90 Å². The molecule has 35 heavy (non-hydrogen) atoms. The fourth-order valence-corrected chi connectivity index (χ4v) is 6.19. The molecule has 1 unspecified atom stereocenters. The van der Waals surface area contributed by atoms with E-state index in [-0.39, 0.29) is 30.2 Å². The van der Waals surface area contributed by atoms with Crippen molar-refractivity contribution >= 4 is 17.7 Å². The maximum absolute atomic E-state index is 13.0. The minimum absolute atomic E-state index is 0.147. The molecule has 0 bridgehead atoms.